The van der Waals surface area contributed by atoms with Crippen LogP contribution in [0, 0.1) is 17.6 Å². The fraction of sp³-hybridized carbons (Fsp3) is 0.500. The molecule has 0 bridgehead atoms. The van der Waals surface area contributed by atoms with Gasteiger partial charge in [-0.15, -0.1) is 0 Å². The second kappa shape index (κ2) is 7.19. The smallest absolute Gasteiger partial charge is 0.322 e. The van der Waals surface area contributed by atoms with Crippen LogP contribution >= 0.6 is 0 Å². The molecule has 1 rings (SSSR count). The summed E-state index contributed by atoms with van der Waals surface area (Å²) in [5.74, 6) is -1.32. The Morgan fingerprint density at radius 2 is 1.84 bits per heavy atom. The van der Waals surface area contributed by atoms with Crippen LogP contribution in [0.3, 0.4) is 0 Å². The molecule has 0 spiro atoms. The number of nitrogens with one attached hydrogen (secondary N) is 1. The van der Waals surface area contributed by atoms with Gasteiger partial charge in [-0.1, -0.05) is 13.8 Å². The van der Waals surface area contributed by atoms with E-state index in [-0.39, 0.29) is 12.5 Å². The summed E-state index contributed by atoms with van der Waals surface area (Å²) in [5, 5.41) is 2.96. The molecule has 5 heteroatoms. The molecule has 0 saturated heterocycles. The Kier molecular flexibility index (Phi) is 5.89. The molecule has 19 heavy (non-hydrogen) atoms. The first-order valence-electron chi connectivity index (χ1n) is 6.18. The van der Waals surface area contributed by atoms with Gasteiger partial charge in [0.15, 0.2) is 0 Å². The Bertz CT molecular complexity index is 415. The number of carbonyl (C=O) groups excluding carboxylic acids is 1. The number of rotatable bonds is 6. The van der Waals surface area contributed by atoms with Crippen LogP contribution in [0.5, 0.6) is 0 Å². The summed E-state index contributed by atoms with van der Waals surface area (Å²) in [5.41, 5.74) is 0.454. The van der Waals surface area contributed by atoms with Crippen molar-refractivity contribution in [1.29, 1.82) is 0 Å². The Morgan fingerprint density at radius 1 is 1.26 bits per heavy atom. The number of carbonyl (C=O) groups is 1. The molecule has 0 aliphatic heterocycles. The van der Waals surface area contributed by atoms with Gasteiger partial charge in [0, 0.05) is 12.6 Å². The van der Waals surface area contributed by atoms with Crippen LogP contribution in [0.2, 0.25) is 0 Å². The number of hydrogen-bond donors (Lipinski definition) is 1. The van der Waals surface area contributed by atoms with Crippen LogP contribution in [-0.4, -0.2) is 19.1 Å². The maximum atomic E-state index is 13.0. The van der Waals surface area contributed by atoms with Crippen LogP contribution in [-0.2, 0) is 16.1 Å². The van der Waals surface area contributed by atoms with E-state index >= 15 is 0 Å². The number of ether oxygens (including phenoxy) is 1. The van der Waals surface area contributed by atoms with Gasteiger partial charge in [-0.25, -0.2) is 8.78 Å². The molecule has 0 saturated carbocycles. The Balaban J connectivity index is 2.67. The molecule has 1 aromatic rings. The first-order chi connectivity index (χ1) is 8.92. The highest BCUT2D eigenvalue weighted by Crippen LogP contribution is 2.10. The molecular weight excluding hydrogens is 252 g/mol. The van der Waals surface area contributed by atoms with Gasteiger partial charge in [0.2, 0.25) is 0 Å². The van der Waals surface area contributed by atoms with Crippen molar-refractivity contribution in [1.82, 2.24) is 5.32 Å². The lowest BCUT2D eigenvalue weighted by Gasteiger charge is -2.18. The first kappa shape index (κ1) is 15.6. The van der Waals surface area contributed by atoms with Crippen LogP contribution in [0.25, 0.3) is 0 Å². The van der Waals surface area contributed by atoms with Gasteiger partial charge in [-0.05, 0) is 30.0 Å². The lowest BCUT2D eigenvalue weighted by molar-refractivity contribution is -0.143. The van der Waals surface area contributed by atoms with Crippen molar-refractivity contribution in [3.8, 4) is 0 Å². The van der Waals surface area contributed by atoms with Crippen molar-refractivity contribution in [3.63, 3.8) is 0 Å². The van der Waals surface area contributed by atoms with E-state index in [0.717, 1.165) is 6.07 Å². The number of hydrogen-bond acceptors (Lipinski definition) is 3. The summed E-state index contributed by atoms with van der Waals surface area (Å²) >= 11 is 0. The molecule has 1 unspecified atom stereocenters. The molecular formula is C14H19F2NO2. The van der Waals surface area contributed by atoms with E-state index in [1.807, 2.05) is 13.8 Å². The SMILES string of the molecule is COC(=O)C(CC(C)C)NCc1cc(F)cc(F)c1. The number of halogens is 2. The summed E-state index contributed by atoms with van der Waals surface area (Å²) < 4.78 is 30.8. The van der Waals surface area contributed by atoms with Crippen molar-refractivity contribution in [2.75, 3.05) is 7.11 Å². The Labute approximate surface area is 112 Å². The fourth-order valence-electron chi connectivity index (χ4n) is 1.83. The zero-order valence-corrected chi connectivity index (χ0v) is 11.4. The van der Waals surface area contributed by atoms with E-state index in [9.17, 15) is 13.6 Å². The minimum atomic E-state index is -0.629. The zero-order valence-electron chi connectivity index (χ0n) is 11.4. The average molecular weight is 271 g/mol. The van der Waals surface area contributed by atoms with Gasteiger partial charge in [0.1, 0.15) is 17.7 Å². The molecule has 1 N–H and O–H groups in total. The van der Waals surface area contributed by atoms with Gasteiger partial charge < -0.3 is 10.1 Å². The Morgan fingerprint density at radius 3 is 2.32 bits per heavy atom. The highest BCUT2D eigenvalue weighted by Gasteiger charge is 2.19. The number of benzene rings is 1. The van der Waals surface area contributed by atoms with Crippen molar-refractivity contribution in [2.45, 2.75) is 32.9 Å². The van der Waals surface area contributed by atoms with Crippen molar-refractivity contribution in [2.24, 2.45) is 5.92 Å². The molecule has 0 aliphatic rings. The summed E-state index contributed by atoms with van der Waals surface area (Å²) in [4.78, 5) is 11.6. The lowest BCUT2D eigenvalue weighted by atomic mass is 10.0. The molecule has 1 atom stereocenters. The van der Waals surface area contributed by atoms with E-state index in [1.54, 1.807) is 0 Å². The van der Waals surface area contributed by atoms with Gasteiger partial charge in [0.25, 0.3) is 0 Å². The summed E-state index contributed by atoms with van der Waals surface area (Å²) in [6, 6.07) is 2.81. The highest BCUT2D eigenvalue weighted by molar-refractivity contribution is 5.75. The zero-order chi connectivity index (χ0) is 14.4. The third-order valence-corrected chi connectivity index (χ3v) is 2.67. The van der Waals surface area contributed by atoms with Gasteiger partial charge in [-0.3, -0.25) is 4.79 Å². The molecule has 0 heterocycles. The summed E-state index contributed by atoms with van der Waals surface area (Å²) in [7, 11) is 1.32. The van der Waals surface area contributed by atoms with Gasteiger partial charge in [-0.2, -0.15) is 0 Å². The largest absolute Gasteiger partial charge is 0.468 e. The lowest BCUT2D eigenvalue weighted by Crippen LogP contribution is -2.38. The second-order valence-corrected chi connectivity index (χ2v) is 4.86. The fourth-order valence-corrected chi connectivity index (χ4v) is 1.83. The standard InChI is InChI=1S/C14H19F2NO2/c1-9(2)4-13(14(18)19-3)17-8-10-5-11(15)7-12(16)6-10/h5-7,9,13,17H,4,8H2,1-3H3. The second-order valence-electron chi connectivity index (χ2n) is 4.86. The topological polar surface area (TPSA) is 38.3 Å². The molecule has 106 valence electrons. The minimum absolute atomic E-state index is 0.209. The van der Waals surface area contributed by atoms with Crippen molar-refractivity contribution < 1.29 is 18.3 Å². The molecule has 0 amide bonds. The Hall–Kier alpha value is -1.49. The van der Waals surface area contributed by atoms with E-state index < -0.39 is 17.7 Å². The maximum absolute atomic E-state index is 13.0. The molecule has 0 aromatic heterocycles. The van der Waals surface area contributed by atoms with Crippen LogP contribution in [0.4, 0.5) is 8.78 Å². The highest BCUT2D eigenvalue weighted by atomic mass is 19.1. The molecule has 0 radical (unpaired) electrons. The van der Waals surface area contributed by atoms with E-state index in [2.05, 4.69) is 5.32 Å². The predicted molar refractivity (Wildman–Crippen MR) is 68.5 cm³/mol. The molecule has 0 fully saturated rings. The van der Waals surface area contributed by atoms with Crippen LogP contribution < -0.4 is 5.32 Å². The molecule has 1 aromatic carbocycles. The monoisotopic (exact) mass is 271 g/mol. The van der Waals surface area contributed by atoms with Crippen molar-refractivity contribution in [3.05, 3.63) is 35.4 Å². The third kappa shape index (κ3) is 5.34. The summed E-state index contributed by atoms with van der Waals surface area (Å²) in [6.45, 7) is 4.18. The first-order valence-corrected chi connectivity index (χ1v) is 6.18. The molecule has 3 nitrogen and oxygen atoms in total. The number of esters is 1. The predicted octanol–water partition coefficient (Wildman–Crippen LogP) is 2.64. The third-order valence-electron chi connectivity index (χ3n) is 2.67. The van der Waals surface area contributed by atoms with E-state index in [0.29, 0.717) is 17.9 Å². The van der Waals surface area contributed by atoms with E-state index in [1.165, 1.54) is 19.2 Å². The van der Waals surface area contributed by atoms with Crippen molar-refractivity contribution >= 4 is 5.97 Å². The van der Waals surface area contributed by atoms with Crippen LogP contribution in [0.1, 0.15) is 25.8 Å². The quantitative estimate of drug-likeness (QED) is 0.808. The van der Waals surface area contributed by atoms with E-state index in [4.69, 9.17) is 4.74 Å². The summed E-state index contributed by atoms with van der Waals surface area (Å²) in [6.07, 6.45) is 0.602. The average Bonchev–Trinajstić information content (AvgIpc) is 2.31. The van der Waals surface area contributed by atoms with Gasteiger partial charge in [0.05, 0.1) is 7.11 Å². The van der Waals surface area contributed by atoms with Crippen LogP contribution in [0.15, 0.2) is 18.2 Å². The number of methoxy groups -OCH3 is 1. The maximum Gasteiger partial charge on any atom is 0.322 e. The van der Waals surface area contributed by atoms with Gasteiger partial charge >= 0.3 is 5.97 Å². The minimum Gasteiger partial charge on any atom is -0.468 e. The normalized spacial score (nSPS) is 12.5. The molecule has 0 aliphatic carbocycles.